The molecule has 0 aromatic heterocycles. The van der Waals surface area contributed by atoms with Crippen molar-refractivity contribution < 1.29 is 14.3 Å². The van der Waals surface area contributed by atoms with Crippen molar-refractivity contribution in [3.8, 4) is 0 Å². The number of ether oxygens (including phenoxy) is 2. The van der Waals surface area contributed by atoms with Gasteiger partial charge in [0.05, 0.1) is 19.1 Å². The van der Waals surface area contributed by atoms with E-state index in [0.29, 0.717) is 19.6 Å². The monoisotopic (exact) mass is 270 g/mol. The van der Waals surface area contributed by atoms with Crippen LogP contribution < -0.4 is 0 Å². The van der Waals surface area contributed by atoms with Gasteiger partial charge in [-0.25, -0.2) is 0 Å². The van der Waals surface area contributed by atoms with Crippen LogP contribution in [0.2, 0.25) is 0 Å². The molecule has 3 nitrogen and oxygen atoms in total. The molecule has 1 aromatic carbocycles. The summed E-state index contributed by atoms with van der Waals surface area (Å²) < 4.78 is 10.7. The zero-order chi connectivity index (χ0) is 13.2. The van der Waals surface area contributed by atoms with Crippen molar-refractivity contribution >= 4 is 17.6 Å². The van der Waals surface area contributed by atoms with Crippen LogP contribution in [0.3, 0.4) is 0 Å². The summed E-state index contributed by atoms with van der Waals surface area (Å²) in [4.78, 5) is 11.3. The van der Waals surface area contributed by atoms with Gasteiger partial charge in [0.15, 0.2) is 0 Å². The fraction of sp³-hybridized carbons (Fsp3) is 0.500. The number of hydrogen-bond donors (Lipinski definition) is 0. The lowest BCUT2D eigenvalue weighted by Crippen LogP contribution is -2.25. The first-order valence-corrected chi connectivity index (χ1v) is 6.66. The van der Waals surface area contributed by atoms with Gasteiger partial charge in [-0.1, -0.05) is 37.3 Å². The zero-order valence-electron chi connectivity index (χ0n) is 10.6. The van der Waals surface area contributed by atoms with Crippen LogP contribution in [0.5, 0.6) is 0 Å². The van der Waals surface area contributed by atoms with Crippen LogP contribution in [0.4, 0.5) is 0 Å². The van der Waals surface area contributed by atoms with Gasteiger partial charge < -0.3 is 9.47 Å². The Morgan fingerprint density at radius 2 is 2.06 bits per heavy atom. The molecule has 0 aliphatic carbocycles. The number of halogens is 1. The number of benzene rings is 1. The Labute approximate surface area is 113 Å². The third kappa shape index (κ3) is 6.03. The van der Waals surface area contributed by atoms with Gasteiger partial charge in [0.25, 0.3) is 0 Å². The van der Waals surface area contributed by atoms with E-state index in [1.54, 1.807) is 0 Å². The van der Waals surface area contributed by atoms with Crippen molar-refractivity contribution in [2.24, 2.45) is 0 Å². The molecule has 0 saturated carbocycles. The highest BCUT2D eigenvalue weighted by Gasteiger charge is 2.12. The summed E-state index contributed by atoms with van der Waals surface area (Å²) in [5.41, 5.74) is 1.09. The van der Waals surface area contributed by atoms with E-state index >= 15 is 0 Å². The Hall–Kier alpha value is -1.06. The Morgan fingerprint density at radius 1 is 1.33 bits per heavy atom. The molecule has 18 heavy (non-hydrogen) atoms. The molecule has 0 bridgehead atoms. The molecule has 0 aliphatic heterocycles. The van der Waals surface area contributed by atoms with Crippen molar-refractivity contribution in [1.29, 1.82) is 0 Å². The highest BCUT2D eigenvalue weighted by atomic mass is 35.5. The van der Waals surface area contributed by atoms with Crippen LogP contribution in [0.25, 0.3) is 0 Å². The smallest absolute Gasteiger partial charge is 0.306 e. The first-order chi connectivity index (χ1) is 8.76. The minimum Gasteiger partial charge on any atom is -0.459 e. The lowest BCUT2D eigenvalue weighted by molar-refractivity contribution is -0.151. The Kier molecular flexibility index (Phi) is 7.46. The number of carbonyl (C=O) groups excluding carboxylic acids is 1. The maximum Gasteiger partial charge on any atom is 0.306 e. The SMILES string of the molecule is CCCC(=O)O[C@@H](CCl)COCc1ccccc1. The summed E-state index contributed by atoms with van der Waals surface area (Å²) in [6.45, 7) is 2.76. The van der Waals surface area contributed by atoms with E-state index in [0.717, 1.165) is 12.0 Å². The summed E-state index contributed by atoms with van der Waals surface area (Å²) in [7, 11) is 0. The van der Waals surface area contributed by atoms with Crippen molar-refractivity contribution in [2.45, 2.75) is 32.5 Å². The van der Waals surface area contributed by atoms with Gasteiger partial charge in [-0.05, 0) is 12.0 Å². The van der Waals surface area contributed by atoms with Gasteiger partial charge in [0, 0.05) is 6.42 Å². The first-order valence-electron chi connectivity index (χ1n) is 6.13. The third-order valence-electron chi connectivity index (χ3n) is 2.34. The summed E-state index contributed by atoms with van der Waals surface area (Å²) in [6, 6.07) is 9.84. The molecule has 0 radical (unpaired) electrons. The first kappa shape index (κ1) is 15.0. The summed E-state index contributed by atoms with van der Waals surface area (Å²) in [6.07, 6.45) is 0.833. The number of carbonyl (C=O) groups is 1. The van der Waals surface area contributed by atoms with Crippen LogP contribution in [0.1, 0.15) is 25.3 Å². The number of rotatable bonds is 8. The van der Waals surface area contributed by atoms with Crippen LogP contribution in [0.15, 0.2) is 30.3 Å². The molecule has 1 atom stereocenters. The van der Waals surface area contributed by atoms with Gasteiger partial charge in [-0.2, -0.15) is 0 Å². The highest BCUT2D eigenvalue weighted by molar-refractivity contribution is 6.18. The molecule has 0 amide bonds. The molecule has 0 spiro atoms. The predicted molar refractivity (Wildman–Crippen MR) is 71.6 cm³/mol. The molecular weight excluding hydrogens is 252 g/mol. The van der Waals surface area contributed by atoms with Crippen molar-refractivity contribution in [2.75, 3.05) is 12.5 Å². The average molecular weight is 271 g/mol. The molecular formula is C14H19ClO3. The maximum atomic E-state index is 11.3. The second kappa shape index (κ2) is 8.95. The predicted octanol–water partition coefficient (Wildman–Crippen LogP) is 3.15. The molecule has 0 saturated heterocycles. The van der Waals surface area contributed by atoms with Crippen LogP contribution in [-0.2, 0) is 20.9 Å². The Bertz CT molecular complexity index is 340. The lowest BCUT2D eigenvalue weighted by Gasteiger charge is -2.15. The molecule has 0 aliphatic rings. The summed E-state index contributed by atoms with van der Waals surface area (Å²) >= 11 is 5.74. The molecule has 1 aromatic rings. The molecule has 0 fully saturated rings. The van der Waals surface area contributed by atoms with E-state index < -0.39 is 0 Å². The molecule has 100 valence electrons. The Morgan fingerprint density at radius 3 is 2.67 bits per heavy atom. The minimum absolute atomic E-state index is 0.216. The van der Waals surface area contributed by atoms with Crippen molar-refractivity contribution in [3.05, 3.63) is 35.9 Å². The zero-order valence-corrected chi connectivity index (χ0v) is 11.4. The van der Waals surface area contributed by atoms with Crippen LogP contribution >= 0.6 is 11.6 Å². The van der Waals surface area contributed by atoms with Gasteiger partial charge in [0.1, 0.15) is 6.10 Å². The van der Waals surface area contributed by atoms with E-state index in [-0.39, 0.29) is 18.0 Å². The second-order valence-electron chi connectivity index (χ2n) is 4.02. The largest absolute Gasteiger partial charge is 0.459 e. The molecule has 4 heteroatoms. The standard InChI is InChI=1S/C14H19ClO3/c1-2-6-14(16)18-13(9-15)11-17-10-12-7-4-3-5-8-12/h3-5,7-8,13H,2,6,9-11H2,1H3/t13-/m0/s1. The van der Waals surface area contributed by atoms with Crippen LogP contribution in [-0.4, -0.2) is 24.6 Å². The molecule has 0 N–H and O–H groups in total. The minimum atomic E-state index is -0.366. The number of esters is 1. The van der Waals surface area contributed by atoms with Gasteiger partial charge in [0.2, 0.25) is 0 Å². The van der Waals surface area contributed by atoms with Gasteiger partial charge in [-0.15, -0.1) is 11.6 Å². The summed E-state index contributed by atoms with van der Waals surface area (Å²) in [5, 5.41) is 0. The molecule has 1 rings (SSSR count). The Balaban J connectivity index is 2.25. The lowest BCUT2D eigenvalue weighted by atomic mass is 10.2. The maximum absolute atomic E-state index is 11.3. The third-order valence-corrected chi connectivity index (χ3v) is 2.68. The number of hydrogen-bond acceptors (Lipinski definition) is 3. The topological polar surface area (TPSA) is 35.5 Å². The normalized spacial score (nSPS) is 12.1. The van der Waals surface area contributed by atoms with Gasteiger partial charge in [-0.3, -0.25) is 4.79 Å². The highest BCUT2D eigenvalue weighted by Crippen LogP contribution is 2.05. The van der Waals surface area contributed by atoms with E-state index in [1.807, 2.05) is 37.3 Å². The van der Waals surface area contributed by atoms with Gasteiger partial charge >= 0.3 is 5.97 Å². The average Bonchev–Trinajstić information content (AvgIpc) is 2.39. The second-order valence-corrected chi connectivity index (χ2v) is 4.33. The molecule has 0 unspecified atom stereocenters. The van der Waals surface area contributed by atoms with E-state index in [9.17, 15) is 4.79 Å². The fourth-order valence-electron chi connectivity index (χ4n) is 1.44. The number of alkyl halides is 1. The van der Waals surface area contributed by atoms with E-state index in [2.05, 4.69) is 0 Å². The molecule has 0 heterocycles. The summed E-state index contributed by atoms with van der Waals surface area (Å²) in [5.74, 6) is 0.0380. The van der Waals surface area contributed by atoms with E-state index in [4.69, 9.17) is 21.1 Å². The fourth-order valence-corrected chi connectivity index (χ4v) is 1.59. The van der Waals surface area contributed by atoms with Crippen LogP contribution in [0, 0.1) is 0 Å². The quantitative estimate of drug-likeness (QED) is 0.538. The van der Waals surface area contributed by atoms with Crippen molar-refractivity contribution in [3.63, 3.8) is 0 Å². The van der Waals surface area contributed by atoms with E-state index in [1.165, 1.54) is 0 Å². The van der Waals surface area contributed by atoms with Crippen molar-refractivity contribution in [1.82, 2.24) is 0 Å².